The fourth-order valence-corrected chi connectivity index (χ4v) is 8.30. The van der Waals surface area contributed by atoms with Crippen molar-refractivity contribution in [2.24, 2.45) is 0 Å². The summed E-state index contributed by atoms with van der Waals surface area (Å²) in [6.07, 6.45) is 22.4. The van der Waals surface area contributed by atoms with Gasteiger partial charge in [0.15, 0.2) is 5.82 Å². The molecule has 0 unspecified atom stereocenters. The lowest BCUT2D eigenvalue weighted by Gasteiger charge is -2.28. The maximum absolute atomic E-state index is 11.3. The van der Waals surface area contributed by atoms with Crippen molar-refractivity contribution >= 4 is 21.6 Å². The number of hydrogen-bond donors (Lipinski definition) is 1. The van der Waals surface area contributed by atoms with E-state index in [1.165, 1.54) is 108 Å². The summed E-state index contributed by atoms with van der Waals surface area (Å²) in [6.45, 7) is 15.9. The van der Waals surface area contributed by atoms with Gasteiger partial charge in [-0.25, -0.2) is 0 Å². The topological polar surface area (TPSA) is 50.9 Å². The minimum atomic E-state index is -0.204. The molecule has 0 amide bonds. The summed E-state index contributed by atoms with van der Waals surface area (Å²) in [4.78, 5) is 0. The van der Waals surface area contributed by atoms with Crippen molar-refractivity contribution < 1.29 is 5.11 Å². The van der Waals surface area contributed by atoms with Crippen LogP contribution in [0, 0.1) is 0 Å². The molecule has 1 heterocycles. The van der Waals surface area contributed by atoms with E-state index in [9.17, 15) is 5.11 Å². The zero-order valence-electron chi connectivity index (χ0n) is 30.9. The highest BCUT2D eigenvalue weighted by Gasteiger charge is 2.28. The van der Waals surface area contributed by atoms with Crippen molar-refractivity contribution in [1.82, 2.24) is 14.8 Å². The molecule has 0 spiro atoms. The molecular weight excluding hydrogens is 615 g/mol. The first-order valence-corrected chi connectivity index (χ1v) is 21.0. The van der Waals surface area contributed by atoms with Crippen molar-refractivity contribution in [1.29, 1.82) is 0 Å². The Kier molecular flexibility index (Phi) is 17.3. The lowest BCUT2D eigenvalue weighted by molar-refractivity contribution is 0.423. The van der Waals surface area contributed by atoms with Crippen LogP contribution in [0.4, 0.5) is 0 Å². The van der Waals surface area contributed by atoms with Gasteiger partial charge in [-0.3, -0.25) is 4.57 Å². The van der Waals surface area contributed by atoms with E-state index < -0.39 is 0 Å². The monoisotopic (exact) mass is 679 g/mol. The third kappa shape index (κ3) is 13.8. The molecule has 0 bridgehead atoms. The van der Waals surface area contributed by atoms with Crippen LogP contribution in [0.1, 0.15) is 168 Å². The summed E-state index contributed by atoms with van der Waals surface area (Å²) >= 11 is 0. The first-order valence-electron chi connectivity index (χ1n) is 18.7. The predicted molar refractivity (Wildman–Crippen MR) is 208 cm³/mol. The Morgan fingerprint density at radius 1 is 0.638 bits per heavy atom. The van der Waals surface area contributed by atoms with Gasteiger partial charge in [-0.05, 0) is 45.7 Å². The van der Waals surface area contributed by atoms with Crippen molar-refractivity contribution in [2.45, 2.75) is 174 Å². The van der Waals surface area contributed by atoms with Gasteiger partial charge in [0.25, 0.3) is 0 Å². The Balaban J connectivity index is 1.49. The van der Waals surface area contributed by atoms with E-state index in [0.717, 1.165) is 33.4 Å². The van der Waals surface area contributed by atoms with Crippen molar-refractivity contribution in [2.75, 3.05) is 5.75 Å². The van der Waals surface area contributed by atoms with Crippen LogP contribution < -0.4 is 0 Å². The van der Waals surface area contributed by atoms with Crippen molar-refractivity contribution in [3.8, 4) is 17.1 Å². The van der Waals surface area contributed by atoms with E-state index >= 15 is 0 Å². The second-order valence-electron chi connectivity index (χ2n) is 15.5. The van der Waals surface area contributed by atoms with Gasteiger partial charge in [-0.2, -0.15) is 0 Å². The Labute approximate surface area is 296 Å². The van der Waals surface area contributed by atoms with Crippen molar-refractivity contribution in [3.63, 3.8) is 0 Å². The number of phenols is 1. The zero-order chi connectivity index (χ0) is 34.1. The van der Waals surface area contributed by atoms with Crippen LogP contribution in [-0.2, 0) is 17.4 Å². The molecular formula is C41H65N3OS2. The highest BCUT2D eigenvalue weighted by atomic mass is 33.1. The number of rotatable bonds is 22. The third-order valence-corrected chi connectivity index (χ3v) is 11.4. The molecule has 3 rings (SSSR count). The van der Waals surface area contributed by atoms with Gasteiger partial charge in [0.05, 0.1) is 6.54 Å². The summed E-state index contributed by atoms with van der Waals surface area (Å²) in [5.74, 6) is 2.38. The fraction of sp³-hybridized carbons (Fsp3) is 0.659. The predicted octanol–water partition coefficient (Wildman–Crippen LogP) is 13.3. The normalized spacial score (nSPS) is 12.2. The number of hydrogen-bond acceptors (Lipinski definition) is 5. The smallest absolute Gasteiger partial charge is 0.202 e. The summed E-state index contributed by atoms with van der Waals surface area (Å²) in [6, 6.07) is 14.8. The average Bonchev–Trinajstić information content (AvgIpc) is 3.41. The molecule has 0 aliphatic rings. The van der Waals surface area contributed by atoms with Crippen LogP contribution in [0.15, 0.2) is 47.6 Å². The highest BCUT2D eigenvalue weighted by molar-refractivity contribution is 8.76. The summed E-state index contributed by atoms with van der Waals surface area (Å²) in [7, 11) is 3.65. The molecule has 0 atom stereocenters. The van der Waals surface area contributed by atoms with Gasteiger partial charge in [0.2, 0.25) is 5.16 Å². The van der Waals surface area contributed by atoms with Crippen LogP contribution in [0.5, 0.6) is 5.75 Å². The molecule has 47 heavy (non-hydrogen) atoms. The SMILES string of the molecule is CCCCCCCCCCCCCCCCCCSSc1nnc(-c2cc(C(C)(C)C)c(O)c(C(C)(C)C)c2)n1Cc1ccccc1. The minimum absolute atomic E-state index is 0.204. The van der Waals surface area contributed by atoms with E-state index in [1.807, 2.05) is 10.8 Å². The summed E-state index contributed by atoms with van der Waals surface area (Å²) in [5.41, 5.74) is 3.72. The number of unbranched alkanes of at least 4 members (excludes halogenated alkanes) is 15. The molecule has 2 aromatic carbocycles. The Morgan fingerprint density at radius 3 is 1.57 bits per heavy atom. The quantitative estimate of drug-likeness (QED) is 0.0846. The second kappa shape index (κ2) is 20.6. The number of nitrogens with zero attached hydrogens (tertiary/aromatic N) is 3. The Morgan fingerprint density at radius 2 is 1.11 bits per heavy atom. The molecule has 0 saturated carbocycles. The highest BCUT2D eigenvalue weighted by Crippen LogP contribution is 2.42. The molecule has 0 fully saturated rings. The molecule has 0 radical (unpaired) electrons. The van der Waals surface area contributed by atoms with Crippen LogP contribution in [0.2, 0.25) is 0 Å². The van der Waals surface area contributed by atoms with Crippen LogP contribution in [-0.4, -0.2) is 25.6 Å². The van der Waals surface area contributed by atoms with Crippen molar-refractivity contribution in [3.05, 3.63) is 59.2 Å². The second-order valence-corrected chi connectivity index (χ2v) is 17.9. The van der Waals surface area contributed by atoms with E-state index in [-0.39, 0.29) is 10.8 Å². The van der Waals surface area contributed by atoms with Gasteiger partial charge in [0, 0.05) is 22.4 Å². The first kappa shape index (κ1) is 39.5. The Bertz CT molecular complexity index is 1260. The van der Waals surface area contributed by atoms with Gasteiger partial charge in [-0.15, -0.1) is 10.2 Å². The molecule has 262 valence electrons. The number of benzene rings is 2. The maximum Gasteiger partial charge on any atom is 0.202 e. The van der Waals surface area contributed by atoms with Gasteiger partial charge in [0.1, 0.15) is 5.75 Å². The number of aromatic nitrogens is 3. The zero-order valence-corrected chi connectivity index (χ0v) is 32.5. The van der Waals surface area contributed by atoms with Gasteiger partial charge in [-0.1, -0.05) is 186 Å². The van der Waals surface area contributed by atoms with Crippen LogP contribution >= 0.6 is 21.6 Å². The van der Waals surface area contributed by atoms with Gasteiger partial charge < -0.3 is 5.11 Å². The molecule has 0 saturated heterocycles. The molecule has 4 nitrogen and oxygen atoms in total. The van der Waals surface area contributed by atoms with Crippen LogP contribution in [0.25, 0.3) is 11.4 Å². The lowest BCUT2D eigenvalue weighted by Crippen LogP contribution is -2.17. The molecule has 3 aromatic rings. The number of phenolic OH excluding ortho intramolecular Hbond substituents is 1. The van der Waals surface area contributed by atoms with E-state index in [4.69, 9.17) is 10.2 Å². The van der Waals surface area contributed by atoms with E-state index in [0.29, 0.717) is 12.3 Å². The third-order valence-electron chi connectivity index (χ3n) is 9.10. The first-order chi connectivity index (χ1) is 22.5. The summed E-state index contributed by atoms with van der Waals surface area (Å²) < 4.78 is 2.26. The molecule has 0 aliphatic carbocycles. The van der Waals surface area contributed by atoms with Gasteiger partial charge >= 0.3 is 0 Å². The van der Waals surface area contributed by atoms with E-state index in [1.54, 1.807) is 10.8 Å². The molecule has 0 aliphatic heterocycles. The molecule has 1 N–H and O–H groups in total. The largest absolute Gasteiger partial charge is 0.507 e. The standard InChI is InChI=1S/C41H65N3OS2/c1-8-9-10-11-12-13-14-15-16-17-18-19-20-21-22-26-29-46-47-39-43-42-38(44(39)32-33-27-24-23-25-28-33)34-30-35(40(2,3)4)37(45)36(31-34)41(5,6)7/h23-25,27-28,30-31,45H,8-22,26,29,32H2,1-7H3. The number of aromatic hydroxyl groups is 1. The Hall–Kier alpha value is -1.92. The molecule has 1 aromatic heterocycles. The van der Waals surface area contributed by atoms with E-state index in [2.05, 4.69) is 95.5 Å². The van der Waals surface area contributed by atoms with Crippen LogP contribution in [0.3, 0.4) is 0 Å². The lowest BCUT2D eigenvalue weighted by atomic mass is 9.78. The maximum atomic E-state index is 11.3. The summed E-state index contributed by atoms with van der Waals surface area (Å²) in [5, 5.41) is 21.7. The molecule has 6 heteroatoms. The minimum Gasteiger partial charge on any atom is -0.507 e. The average molecular weight is 680 g/mol. The fourth-order valence-electron chi connectivity index (χ4n) is 6.18.